The fourth-order valence-corrected chi connectivity index (χ4v) is 4.61. The van der Waals surface area contributed by atoms with E-state index >= 15 is 0 Å². The maximum Gasteiger partial charge on any atom is 0.265 e. The van der Waals surface area contributed by atoms with Gasteiger partial charge in [-0.15, -0.1) is 11.3 Å². The second-order valence-electron chi connectivity index (χ2n) is 7.92. The van der Waals surface area contributed by atoms with Crippen molar-refractivity contribution in [1.29, 1.82) is 5.26 Å². The summed E-state index contributed by atoms with van der Waals surface area (Å²) in [6, 6.07) is 10.9. The van der Waals surface area contributed by atoms with E-state index in [1.54, 1.807) is 18.2 Å². The molecule has 5 rings (SSSR count). The first-order valence-corrected chi connectivity index (χ1v) is 11.4. The zero-order valence-corrected chi connectivity index (χ0v) is 18.1. The number of fused-ring (bicyclic) bond motifs is 1. The number of nitrogens with one attached hydrogen (secondary N) is 1. The Morgan fingerprint density at radius 1 is 1.25 bits per heavy atom. The molecule has 8 heteroatoms. The summed E-state index contributed by atoms with van der Waals surface area (Å²) in [7, 11) is 0. The zero-order valence-electron chi connectivity index (χ0n) is 17.3. The average Bonchev–Trinajstić information content (AvgIpc) is 3.53. The third kappa shape index (κ3) is 4.17. The molecule has 0 atom stereocenters. The van der Waals surface area contributed by atoms with Crippen molar-refractivity contribution in [3.63, 3.8) is 0 Å². The molecule has 0 spiro atoms. The lowest BCUT2D eigenvalue weighted by atomic mass is 10.1. The molecular weight excluding hydrogens is 426 g/mol. The number of anilines is 2. The molecule has 7 nitrogen and oxygen atoms in total. The topological polar surface area (TPSA) is 95.6 Å². The van der Waals surface area contributed by atoms with E-state index in [1.807, 2.05) is 34.5 Å². The van der Waals surface area contributed by atoms with Gasteiger partial charge in [0.25, 0.3) is 5.91 Å². The zero-order chi connectivity index (χ0) is 22.1. The predicted molar refractivity (Wildman–Crippen MR) is 124 cm³/mol. The Morgan fingerprint density at radius 3 is 2.81 bits per heavy atom. The van der Waals surface area contributed by atoms with Gasteiger partial charge in [0.05, 0.1) is 13.2 Å². The average molecular weight is 448 g/mol. The minimum absolute atomic E-state index is 0.0719. The number of amides is 1. The van der Waals surface area contributed by atoms with Crippen LogP contribution in [0.2, 0.25) is 0 Å². The van der Waals surface area contributed by atoms with E-state index in [2.05, 4.69) is 5.32 Å². The van der Waals surface area contributed by atoms with E-state index in [9.17, 15) is 14.9 Å². The van der Waals surface area contributed by atoms with Gasteiger partial charge in [0.15, 0.2) is 11.5 Å². The largest absolute Gasteiger partial charge is 0.439 e. The van der Waals surface area contributed by atoms with Gasteiger partial charge < -0.3 is 19.4 Å². The first-order chi connectivity index (χ1) is 15.6. The second-order valence-corrected chi connectivity index (χ2v) is 8.80. The monoisotopic (exact) mass is 447 g/mol. The quantitative estimate of drug-likeness (QED) is 0.466. The van der Waals surface area contributed by atoms with Crippen molar-refractivity contribution in [3.05, 3.63) is 57.6 Å². The normalized spacial score (nSPS) is 16.7. The molecule has 0 bridgehead atoms. The first-order valence-electron chi connectivity index (χ1n) is 10.5. The SMILES string of the molecule is N#C/C(=C\C1CC1)C(=O)Nc1cccc(-c2csc3c(=O)cc(N4CCOCC4)oc23)c1. The van der Waals surface area contributed by atoms with Crippen LogP contribution in [-0.4, -0.2) is 32.2 Å². The molecule has 2 fully saturated rings. The van der Waals surface area contributed by atoms with E-state index in [0.717, 1.165) is 24.0 Å². The molecule has 1 N–H and O–H groups in total. The van der Waals surface area contributed by atoms with Crippen molar-refractivity contribution in [1.82, 2.24) is 0 Å². The lowest BCUT2D eigenvalue weighted by Gasteiger charge is -2.27. The molecule has 0 radical (unpaired) electrons. The van der Waals surface area contributed by atoms with Crippen molar-refractivity contribution in [2.45, 2.75) is 12.8 Å². The molecule has 0 unspecified atom stereocenters. The number of carbonyl (C=O) groups excluding carboxylic acids is 1. The van der Waals surface area contributed by atoms with Crippen molar-refractivity contribution in [2.24, 2.45) is 5.92 Å². The molecule has 2 aliphatic rings. The standard InChI is InChI=1S/C24H21N3O4S/c25-13-17(10-15-4-5-15)24(29)26-18-3-1-2-16(11-18)19-14-32-23-20(28)12-21(31-22(19)23)27-6-8-30-9-7-27/h1-3,10-12,14-15H,4-9H2,(H,26,29)/b17-10+. The Morgan fingerprint density at radius 2 is 2.06 bits per heavy atom. The van der Waals surface area contributed by atoms with Crippen LogP contribution in [0, 0.1) is 17.2 Å². The molecule has 1 aliphatic heterocycles. The van der Waals surface area contributed by atoms with Crippen LogP contribution in [0.4, 0.5) is 11.6 Å². The van der Waals surface area contributed by atoms with Crippen molar-refractivity contribution in [2.75, 3.05) is 36.5 Å². The van der Waals surface area contributed by atoms with E-state index in [0.29, 0.717) is 54.1 Å². The molecule has 1 aliphatic carbocycles. The molecule has 3 aromatic rings. The van der Waals surface area contributed by atoms with Crippen LogP contribution in [0.3, 0.4) is 0 Å². The third-order valence-electron chi connectivity index (χ3n) is 5.57. The summed E-state index contributed by atoms with van der Waals surface area (Å²) in [6.45, 7) is 2.54. The van der Waals surface area contributed by atoms with Crippen LogP contribution in [0.1, 0.15) is 12.8 Å². The highest BCUT2D eigenvalue weighted by Crippen LogP contribution is 2.36. The number of nitriles is 1. The van der Waals surface area contributed by atoms with Gasteiger partial charge in [0.1, 0.15) is 16.3 Å². The highest BCUT2D eigenvalue weighted by Gasteiger charge is 2.22. The molecule has 2 aromatic heterocycles. The van der Waals surface area contributed by atoms with Gasteiger partial charge >= 0.3 is 0 Å². The molecule has 1 saturated heterocycles. The smallest absolute Gasteiger partial charge is 0.265 e. The number of nitrogens with zero attached hydrogens (tertiary/aromatic N) is 2. The maximum absolute atomic E-state index is 12.7. The second kappa shape index (κ2) is 8.61. The molecular formula is C24H21N3O4S. The molecule has 1 amide bonds. The van der Waals surface area contributed by atoms with E-state index in [1.165, 1.54) is 11.3 Å². The molecule has 3 heterocycles. The number of morpholine rings is 1. The van der Waals surface area contributed by atoms with Gasteiger partial charge in [-0.25, -0.2) is 0 Å². The Balaban J connectivity index is 1.46. The summed E-state index contributed by atoms with van der Waals surface area (Å²) in [5.74, 6) is 0.467. The Kier molecular flexibility index (Phi) is 5.52. The summed E-state index contributed by atoms with van der Waals surface area (Å²) in [5, 5.41) is 14.0. The van der Waals surface area contributed by atoms with Gasteiger partial charge in [0.2, 0.25) is 5.43 Å². The Labute approximate surface area is 188 Å². The summed E-state index contributed by atoms with van der Waals surface area (Å²) in [6.07, 6.45) is 3.79. The number of ether oxygens (including phenoxy) is 1. The number of allylic oxidation sites excluding steroid dienone is 1. The summed E-state index contributed by atoms with van der Waals surface area (Å²) in [5.41, 5.74) is 2.80. The number of carbonyl (C=O) groups is 1. The van der Waals surface area contributed by atoms with Gasteiger partial charge in [-0.05, 0) is 36.5 Å². The fraction of sp³-hybridized carbons (Fsp3) is 0.292. The van der Waals surface area contributed by atoms with Crippen LogP contribution in [0.5, 0.6) is 0 Å². The number of hydrogen-bond acceptors (Lipinski definition) is 7. The highest BCUT2D eigenvalue weighted by atomic mass is 32.1. The van der Waals surface area contributed by atoms with E-state index in [-0.39, 0.29) is 11.0 Å². The Bertz CT molecular complexity index is 1310. The van der Waals surface area contributed by atoms with Gasteiger partial charge in [-0.1, -0.05) is 18.2 Å². The lowest BCUT2D eigenvalue weighted by Crippen LogP contribution is -2.36. The molecule has 1 aromatic carbocycles. The van der Waals surface area contributed by atoms with E-state index in [4.69, 9.17) is 9.15 Å². The highest BCUT2D eigenvalue weighted by molar-refractivity contribution is 7.17. The molecule has 162 valence electrons. The third-order valence-corrected chi connectivity index (χ3v) is 6.55. The van der Waals surface area contributed by atoms with Crippen LogP contribution in [0.25, 0.3) is 21.4 Å². The van der Waals surface area contributed by atoms with Crippen LogP contribution < -0.4 is 15.6 Å². The van der Waals surface area contributed by atoms with Crippen molar-refractivity contribution < 1.29 is 13.9 Å². The van der Waals surface area contributed by atoms with Crippen molar-refractivity contribution >= 4 is 39.1 Å². The van der Waals surface area contributed by atoms with Crippen LogP contribution in [-0.2, 0) is 9.53 Å². The number of benzene rings is 1. The first kappa shape index (κ1) is 20.5. The minimum atomic E-state index is -0.409. The molecule has 1 saturated carbocycles. The van der Waals surface area contributed by atoms with Crippen molar-refractivity contribution in [3.8, 4) is 17.2 Å². The van der Waals surface area contributed by atoms with Gasteiger partial charge in [0, 0.05) is 35.8 Å². The minimum Gasteiger partial charge on any atom is -0.439 e. The maximum atomic E-state index is 12.7. The van der Waals surface area contributed by atoms with Gasteiger partial charge in [-0.2, -0.15) is 5.26 Å². The lowest BCUT2D eigenvalue weighted by molar-refractivity contribution is -0.112. The fourth-order valence-electron chi connectivity index (χ4n) is 3.69. The van der Waals surface area contributed by atoms with Gasteiger partial charge in [-0.3, -0.25) is 9.59 Å². The predicted octanol–water partition coefficient (Wildman–Crippen LogP) is 4.16. The summed E-state index contributed by atoms with van der Waals surface area (Å²) < 4.78 is 12.1. The van der Waals surface area contributed by atoms with Crippen LogP contribution in [0.15, 0.2) is 56.6 Å². The van der Waals surface area contributed by atoms with E-state index < -0.39 is 5.91 Å². The van der Waals surface area contributed by atoms with Crippen LogP contribution >= 0.6 is 11.3 Å². The molecule has 32 heavy (non-hydrogen) atoms. The summed E-state index contributed by atoms with van der Waals surface area (Å²) >= 11 is 1.34. The number of thiophene rings is 1. The Hall–Kier alpha value is -3.41. The number of rotatable bonds is 5. The summed E-state index contributed by atoms with van der Waals surface area (Å²) in [4.78, 5) is 27.2. The number of hydrogen-bond donors (Lipinski definition) is 1.